The van der Waals surface area contributed by atoms with Gasteiger partial charge in [-0.25, -0.2) is 0 Å². The molecule has 0 saturated carbocycles. The molecule has 0 aliphatic heterocycles. The van der Waals surface area contributed by atoms with E-state index in [1.807, 2.05) is 11.8 Å². The SMILES string of the molecule is CCCc1ccc(C(CSc2ccccc2C)NN)cc1. The second kappa shape index (κ2) is 8.23. The molecule has 1 atom stereocenters. The van der Waals surface area contributed by atoms with Gasteiger partial charge in [0.2, 0.25) is 0 Å². The molecule has 21 heavy (non-hydrogen) atoms. The van der Waals surface area contributed by atoms with Crippen LogP contribution in [-0.4, -0.2) is 5.75 Å². The first-order valence-electron chi connectivity index (χ1n) is 7.48. The van der Waals surface area contributed by atoms with Crippen LogP contribution in [0.3, 0.4) is 0 Å². The smallest absolute Gasteiger partial charge is 0.0553 e. The number of nitrogens with one attached hydrogen (secondary N) is 1. The summed E-state index contributed by atoms with van der Waals surface area (Å²) in [5.74, 6) is 6.67. The first-order valence-corrected chi connectivity index (χ1v) is 8.46. The molecule has 0 aliphatic rings. The van der Waals surface area contributed by atoms with Gasteiger partial charge in [0.05, 0.1) is 6.04 Å². The minimum Gasteiger partial charge on any atom is -0.271 e. The monoisotopic (exact) mass is 300 g/mol. The van der Waals surface area contributed by atoms with Crippen molar-refractivity contribution in [1.82, 2.24) is 5.43 Å². The average molecular weight is 300 g/mol. The lowest BCUT2D eigenvalue weighted by Crippen LogP contribution is -2.29. The fourth-order valence-corrected chi connectivity index (χ4v) is 3.44. The molecule has 0 radical (unpaired) electrons. The van der Waals surface area contributed by atoms with Crippen molar-refractivity contribution in [2.45, 2.75) is 37.6 Å². The zero-order chi connectivity index (χ0) is 15.1. The molecule has 0 bridgehead atoms. The Morgan fingerprint density at radius 1 is 1.10 bits per heavy atom. The highest BCUT2D eigenvalue weighted by Gasteiger charge is 2.10. The summed E-state index contributed by atoms with van der Waals surface area (Å²) in [5.41, 5.74) is 6.90. The van der Waals surface area contributed by atoms with Gasteiger partial charge in [-0.3, -0.25) is 11.3 Å². The summed E-state index contributed by atoms with van der Waals surface area (Å²) >= 11 is 1.85. The summed E-state index contributed by atoms with van der Waals surface area (Å²) < 4.78 is 0. The lowest BCUT2D eigenvalue weighted by Gasteiger charge is -2.17. The zero-order valence-electron chi connectivity index (χ0n) is 12.8. The standard InChI is InChI=1S/C18H24N2S/c1-3-6-15-9-11-16(12-10-15)17(20-19)13-21-18-8-5-4-7-14(18)2/h4-5,7-12,17,20H,3,6,13,19H2,1-2H3. The lowest BCUT2D eigenvalue weighted by atomic mass is 10.0. The maximum Gasteiger partial charge on any atom is 0.0553 e. The third-order valence-electron chi connectivity index (χ3n) is 3.62. The summed E-state index contributed by atoms with van der Waals surface area (Å²) in [6, 6.07) is 17.4. The number of aryl methyl sites for hydroxylation is 2. The number of thioether (sulfide) groups is 1. The highest BCUT2D eigenvalue weighted by Crippen LogP contribution is 2.27. The van der Waals surface area contributed by atoms with E-state index in [2.05, 4.69) is 67.8 Å². The molecule has 0 aliphatic carbocycles. The molecule has 0 heterocycles. The topological polar surface area (TPSA) is 38.0 Å². The minimum absolute atomic E-state index is 0.172. The van der Waals surface area contributed by atoms with Crippen molar-refractivity contribution in [3.05, 3.63) is 65.2 Å². The van der Waals surface area contributed by atoms with Crippen molar-refractivity contribution >= 4 is 11.8 Å². The van der Waals surface area contributed by atoms with E-state index in [0.717, 1.165) is 12.2 Å². The van der Waals surface area contributed by atoms with Gasteiger partial charge in [0.1, 0.15) is 0 Å². The summed E-state index contributed by atoms with van der Waals surface area (Å²) in [4.78, 5) is 1.32. The van der Waals surface area contributed by atoms with Crippen molar-refractivity contribution in [3.63, 3.8) is 0 Å². The molecule has 0 amide bonds. The van der Waals surface area contributed by atoms with Gasteiger partial charge in [-0.1, -0.05) is 55.8 Å². The van der Waals surface area contributed by atoms with Crippen LogP contribution >= 0.6 is 11.8 Å². The van der Waals surface area contributed by atoms with Crippen LogP contribution in [0.15, 0.2) is 53.4 Å². The van der Waals surface area contributed by atoms with Crippen LogP contribution in [0.25, 0.3) is 0 Å². The van der Waals surface area contributed by atoms with E-state index in [1.54, 1.807) is 0 Å². The Kier molecular flexibility index (Phi) is 6.30. The van der Waals surface area contributed by atoms with Gasteiger partial charge in [0.25, 0.3) is 0 Å². The Bertz CT molecular complexity index is 551. The average Bonchev–Trinajstić information content (AvgIpc) is 2.51. The van der Waals surface area contributed by atoms with Crippen LogP contribution in [0.5, 0.6) is 0 Å². The molecule has 0 spiro atoms. The molecule has 1 unspecified atom stereocenters. The van der Waals surface area contributed by atoms with Crippen LogP contribution in [0.4, 0.5) is 0 Å². The normalized spacial score (nSPS) is 12.3. The van der Waals surface area contributed by atoms with Crippen LogP contribution in [0, 0.1) is 6.92 Å². The highest BCUT2D eigenvalue weighted by molar-refractivity contribution is 7.99. The van der Waals surface area contributed by atoms with Crippen LogP contribution in [0.2, 0.25) is 0 Å². The number of hydrogen-bond donors (Lipinski definition) is 2. The number of hydrazine groups is 1. The molecule has 2 aromatic rings. The van der Waals surface area contributed by atoms with Crippen molar-refractivity contribution in [2.75, 3.05) is 5.75 Å². The lowest BCUT2D eigenvalue weighted by molar-refractivity contribution is 0.610. The van der Waals surface area contributed by atoms with E-state index in [1.165, 1.54) is 28.0 Å². The Morgan fingerprint density at radius 2 is 1.81 bits per heavy atom. The number of rotatable bonds is 7. The highest BCUT2D eigenvalue weighted by atomic mass is 32.2. The molecule has 0 saturated heterocycles. The first-order chi connectivity index (χ1) is 10.2. The molecule has 3 heteroatoms. The molecular weight excluding hydrogens is 276 g/mol. The van der Waals surface area contributed by atoms with Gasteiger partial charge in [0, 0.05) is 10.6 Å². The summed E-state index contributed by atoms with van der Waals surface area (Å²) in [6.45, 7) is 4.35. The molecule has 112 valence electrons. The fourth-order valence-electron chi connectivity index (χ4n) is 2.34. The Morgan fingerprint density at radius 3 is 2.43 bits per heavy atom. The minimum atomic E-state index is 0.172. The van der Waals surface area contributed by atoms with Crippen molar-refractivity contribution < 1.29 is 0 Å². The predicted molar refractivity (Wildman–Crippen MR) is 92.4 cm³/mol. The summed E-state index contributed by atoms with van der Waals surface area (Å²) in [6.07, 6.45) is 2.32. The van der Waals surface area contributed by atoms with Crippen LogP contribution in [-0.2, 0) is 6.42 Å². The van der Waals surface area contributed by atoms with E-state index in [9.17, 15) is 0 Å². The largest absolute Gasteiger partial charge is 0.271 e. The quantitative estimate of drug-likeness (QED) is 0.456. The van der Waals surface area contributed by atoms with E-state index in [4.69, 9.17) is 5.84 Å². The van der Waals surface area contributed by atoms with Crippen LogP contribution in [0.1, 0.15) is 36.1 Å². The third-order valence-corrected chi connectivity index (χ3v) is 4.89. The second-order valence-electron chi connectivity index (χ2n) is 5.29. The number of nitrogens with two attached hydrogens (primary N) is 1. The molecule has 2 aromatic carbocycles. The van der Waals surface area contributed by atoms with Gasteiger partial charge < -0.3 is 0 Å². The zero-order valence-corrected chi connectivity index (χ0v) is 13.6. The molecule has 0 aromatic heterocycles. The molecule has 3 N–H and O–H groups in total. The van der Waals surface area contributed by atoms with E-state index < -0.39 is 0 Å². The van der Waals surface area contributed by atoms with Gasteiger partial charge in [-0.2, -0.15) is 0 Å². The van der Waals surface area contributed by atoms with Gasteiger partial charge >= 0.3 is 0 Å². The third kappa shape index (κ3) is 4.60. The fraction of sp³-hybridized carbons (Fsp3) is 0.333. The van der Waals surface area contributed by atoms with Gasteiger partial charge in [0.15, 0.2) is 0 Å². The summed E-state index contributed by atoms with van der Waals surface area (Å²) in [7, 11) is 0. The number of hydrogen-bond acceptors (Lipinski definition) is 3. The van der Waals surface area contributed by atoms with E-state index >= 15 is 0 Å². The first kappa shape index (κ1) is 16.1. The second-order valence-corrected chi connectivity index (χ2v) is 6.35. The Hall–Kier alpha value is -1.29. The Labute approximate surface area is 132 Å². The van der Waals surface area contributed by atoms with E-state index in [-0.39, 0.29) is 6.04 Å². The van der Waals surface area contributed by atoms with Gasteiger partial charge in [-0.05, 0) is 36.1 Å². The van der Waals surface area contributed by atoms with Crippen molar-refractivity contribution in [2.24, 2.45) is 5.84 Å². The molecule has 2 nitrogen and oxygen atoms in total. The molecule has 2 rings (SSSR count). The molecule has 0 fully saturated rings. The van der Waals surface area contributed by atoms with Crippen molar-refractivity contribution in [1.29, 1.82) is 0 Å². The Balaban J connectivity index is 2.01. The maximum absolute atomic E-state index is 5.74. The van der Waals surface area contributed by atoms with Gasteiger partial charge in [-0.15, -0.1) is 11.8 Å². The van der Waals surface area contributed by atoms with E-state index in [0.29, 0.717) is 0 Å². The maximum atomic E-state index is 5.74. The molecular formula is C18H24N2S. The predicted octanol–water partition coefficient (Wildman–Crippen LogP) is 4.24. The van der Waals surface area contributed by atoms with Crippen LogP contribution < -0.4 is 11.3 Å². The van der Waals surface area contributed by atoms with Crippen molar-refractivity contribution in [3.8, 4) is 0 Å². The summed E-state index contributed by atoms with van der Waals surface area (Å²) in [5, 5.41) is 0. The number of benzene rings is 2.